The topological polar surface area (TPSA) is 77.9 Å². The Bertz CT molecular complexity index is 1650. The van der Waals surface area contributed by atoms with Gasteiger partial charge >= 0.3 is 5.97 Å². The highest BCUT2D eigenvalue weighted by atomic mass is 28.3. The summed E-state index contributed by atoms with van der Waals surface area (Å²) in [6.45, 7) is 18.5. The number of nitrogens with zero attached hydrogens (tertiary/aromatic N) is 3. The van der Waals surface area contributed by atoms with E-state index < -0.39 is 16.1 Å². The van der Waals surface area contributed by atoms with E-state index in [1.54, 1.807) is 0 Å². The van der Waals surface area contributed by atoms with Crippen molar-refractivity contribution in [1.29, 1.82) is 0 Å². The Labute approximate surface area is 289 Å². The molecule has 1 unspecified atom stereocenters. The molecule has 0 bridgehead atoms. The second-order valence-electron chi connectivity index (χ2n) is 15.7. The lowest BCUT2D eigenvalue weighted by Crippen LogP contribution is -2.48. The first-order valence-corrected chi connectivity index (χ1v) is 25.0. The van der Waals surface area contributed by atoms with Gasteiger partial charge in [0, 0.05) is 35.4 Å². The summed E-state index contributed by atoms with van der Waals surface area (Å²) in [6, 6.07) is 23.3. The second-order valence-corrected chi connectivity index (χ2v) is 26.9. The number of esters is 1. The summed E-state index contributed by atoms with van der Waals surface area (Å²) >= 11 is 0. The van der Waals surface area contributed by atoms with Gasteiger partial charge in [0.25, 0.3) is 0 Å². The first kappa shape index (κ1) is 36.3. The van der Waals surface area contributed by atoms with Crippen molar-refractivity contribution in [2.45, 2.75) is 83.4 Å². The van der Waals surface area contributed by atoms with Crippen LogP contribution in [0.3, 0.4) is 0 Å². The Kier molecular flexibility index (Phi) is 12.2. The van der Waals surface area contributed by atoms with Crippen molar-refractivity contribution in [3.05, 3.63) is 71.8 Å². The van der Waals surface area contributed by atoms with E-state index >= 15 is 0 Å². The third-order valence-electron chi connectivity index (χ3n) is 9.49. The van der Waals surface area contributed by atoms with Crippen molar-refractivity contribution in [2.75, 3.05) is 45.0 Å². The number of fused-ring (bicyclic) bond motifs is 2. The number of hydrogen-bond donors (Lipinski definition) is 1. The van der Waals surface area contributed by atoms with Crippen molar-refractivity contribution in [2.24, 2.45) is 5.92 Å². The van der Waals surface area contributed by atoms with Crippen LogP contribution < -0.4 is 10.2 Å². The van der Waals surface area contributed by atoms with E-state index in [1.165, 1.54) is 23.4 Å². The largest absolute Gasteiger partial charge is 0.465 e. The third-order valence-corrected chi connectivity index (χ3v) is 12.9. The highest BCUT2D eigenvalue weighted by Crippen LogP contribution is 2.33. The molecule has 1 atom stereocenters. The van der Waals surface area contributed by atoms with E-state index in [9.17, 15) is 4.79 Å². The summed E-state index contributed by atoms with van der Waals surface area (Å²) in [6.07, 6.45) is 3.04. The standard InChI is InChI=1S/C38H56N4O4Si2/c1-44-37(43)32-15-16-35-34(25-32)40-38(41(35)27-45-21-23-47(2,3)4)42(28-46-22-24-48(5,6)7)36(30-17-19-39-20-18-30)26-31-13-10-12-29-11-8-9-14-33(29)31/h8-16,25,30,36,39H,17-24,26-28H2,1-7H3. The summed E-state index contributed by atoms with van der Waals surface area (Å²) in [7, 11) is -1.14. The molecule has 2 heterocycles. The molecule has 8 nitrogen and oxygen atoms in total. The van der Waals surface area contributed by atoms with Crippen LogP contribution in [0.5, 0.6) is 0 Å². The lowest BCUT2D eigenvalue weighted by atomic mass is 9.84. The van der Waals surface area contributed by atoms with Crippen LogP contribution in [-0.4, -0.2) is 77.9 Å². The average Bonchev–Trinajstić information content (AvgIpc) is 3.42. The van der Waals surface area contributed by atoms with Gasteiger partial charge in [0.1, 0.15) is 13.5 Å². The molecule has 1 aliphatic heterocycles. The number of rotatable bonds is 16. The maximum absolute atomic E-state index is 12.6. The normalized spacial score (nSPS) is 15.2. The van der Waals surface area contributed by atoms with E-state index in [1.807, 2.05) is 18.2 Å². The van der Waals surface area contributed by atoms with Crippen LogP contribution in [0.25, 0.3) is 21.8 Å². The van der Waals surface area contributed by atoms with E-state index in [4.69, 9.17) is 19.2 Å². The number of benzene rings is 3. The fourth-order valence-electron chi connectivity index (χ4n) is 6.54. The SMILES string of the molecule is COC(=O)c1ccc2c(c1)nc(N(COCC[Si](C)(C)C)C(Cc1cccc3ccccc13)C1CCNCC1)n2COCC[Si](C)(C)C. The van der Waals surface area contributed by atoms with E-state index in [0.29, 0.717) is 31.5 Å². The zero-order chi connectivity index (χ0) is 34.3. The van der Waals surface area contributed by atoms with Crippen molar-refractivity contribution >= 4 is 49.9 Å². The number of carbonyl (C=O) groups is 1. The van der Waals surface area contributed by atoms with Crippen LogP contribution in [0.15, 0.2) is 60.7 Å². The number of ether oxygens (including phenoxy) is 3. The number of anilines is 1. The van der Waals surface area contributed by atoms with Crippen LogP contribution in [0.1, 0.15) is 28.8 Å². The molecule has 0 radical (unpaired) electrons. The fourth-order valence-corrected chi connectivity index (χ4v) is 8.06. The van der Waals surface area contributed by atoms with Crippen molar-refractivity contribution < 1.29 is 19.0 Å². The Morgan fingerprint density at radius 3 is 2.33 bits per heavy atom. The Balaban J connectivity index is 1.61. The minimum absolute atomic E-state index is 0.141. The van der Waals surface area contributed by atoms with Gasteiger partial charge in [0.05, 0.1) is 23.7 Å². The molecular formula is C38H56N4O4Si2. The van der Waals surface area contributed by atoms with Gasteiger partial charge in [-0.15, -0.1) is 0 Å². The average molecular weight is 689 g/mol. The molecule has 4 aromatic rings. The number of methoxy groups -OCH3 is 1. The molecule has 1 saturated heterocycles. The number of piperidine rings is 1. The highest BCUT2D eigenvalue weighted by molar-refractivity contribution is 6.76. The zero-order valence-electron chi connectivity index (χ0n) is 30.2. The zero-order valence-corrected chi connectivity index (χ0v) is 32.2. The third kappa shape index (κ3) is 9.56. The predicted molar refractivity (Wildman–Crippen MR) is 204 cm³/mol. The van der Waals surface area contributed by atoms with Gasteiger partial charge in [-0.3, -0.25) is 4.57 Å². The van der Waals surface area contributed by atoms with E-state index in [-0.39, 0.29) is 12.0 Å². The quantitative estimate of drug-likeness (QED) is 0.0553. The molecule has 5 rings (SSSR count). The van der Waals surface area contributed by atoms with Crippen LogP contribution >= 0.6 is 0 Å². The molecule has 260 valence electrons. The second kappa shape index (κ2) is 16.1. The van der Waals surface area contributed by atoms with Crippen molar-refractivity contribution in [3.63, 3.8) is 0 Å². The smallest absolute Gasteiger partial charge is 0.337 e. The van der Waals surface area contributed by atoms with Gasteiger partial charge in [-0.1, -0.05) is 81.7 Å². The fraction of sp³-hybridized carbons (Fsp3) is 0.526. The molecular weight excluding hydrogens is 633 g/mol. The number of imidazole rings is 1. The van der Waals surface area contributed by atoms with Crippen LogP contribution in [0.2, 0.25) is 51.4 Å². The molecule has 0 spiro atoms. The summed E-state index contributed by atoms with van der Waals surface area (Å²) in [5, 5.41) is 6.14. The summed E-state index contributed by atoms with van der Waals surface area (Å²) < 4.78 is 20.3. The van der Waals surface area contributed by atoms with Crippen molar-refractivity contribution in [3.8, 4) is 0 Å². The highest BCUT2D eigenvalue weighted by Gasteiger charge is 2.33. The molecule has 1 aromatic heterocycles. The molecule has 1 aliphatic rings. The van der Waals surface area contributed by atoms with E-state index in [0.717, 1.165) is 68.0 Å². The van der Waals surface area contributed by atoms with Crippen LogP contribution in [0, 0.1) is 5.92 Å². The number of carbonyl (C=O) groups excluding carboxylic acids is 1. The van der Waals surface area contributed by atoms with Crippen molar-refractivity contribution in [1.82, 2.24) is 14.9 Å². The van der Waals surface area contributed by atoms with E-state index in [2.05, 4.69) is 96.5 Å². The van der Waals surface area contributed by atoms with Crippen LogP contribution in [-0.2, 0) is 27.4 Å². The maximum atomic E-state index is 12.6. The Morgan fingerprint density at radius 1 is 0.938 bits per heavy atom. The number of nitrogens with one attached hydrogen (secondary N) is 1. The molecule has 10 heteroatoms. The molecule has 0 saturated carbocycles. The molecule has 0 aliphatic carbocycles. The van der Waals surface area contributed by atoms with Gasteiger partial charge in [-0.05, 0) is 84.9 Å². The van der Waals surface area contributed by atoms with Gasteiger partial charge in [0.2, 0.25) is 5.95 Å². The predicted octanol–water partition coefficient (Wildman–Crippen LogP) is 8.02. The Hall–Kier alpha value is -3.03. The molecule has 1 fully saturated rings. The number of aromatic nitrogens is 2. The lowest BCUT2D eigenvalue weighted by molar-refractivity contribution is 0.0601. The van der Waals surface area contributed by atoms with Gasteiger partial charge < -0.3 is 24.4 Å². The minimum atomic E-state index is -1.29. The summed E-state index contributed by atoms with van der Waals surface area (Å²) in [5.74, 6) is 0.906. The first-order valence-electron chi connectivity index (χ1n) is 17.6. The van der Waals surface area contributed by atoms with Crippen LogP contribution in [0.4, 0.5) is 5.95 Å². The summed E-state index contributed by atoms with van der Waals surface area (Å²) in [4.78, 5) is 20.3. The maximum Gasteiger partial charge on any atom is 0.337 e. The summed E-state index contributed by atoms with van der Waals surface area (Å²) in [5.41, 5.74) is 3.52. The Morgan fingerprint density at radius 2 is 1.62 bits per heavy atom. The molecule has 48 heavy (non-hydrogen) atoms. The minimum Gasteiger partial charge on any atom is -0.465 e. The van der Waals surface area contributed by atoms with Gasteiger partial charge in [0.15, 0.2) is 0 Å². The number of hydrogen-bond acceptors (Lipinski definition) is 7. The molecule has 3 aromatic carbocycles. The van der Waals surface area contributed by atoms with Gasteiger partial charge in [-0.2, -0.15) is 0 Å². The van der Waals surface area contributed by atoms with Gasteiger partial charge in [-0.25, -0.2) is 9.78 Å². The first-order chi connectivity index (χ1) is 22.9. The monoisotopic (exact) mass is 688 g/mol. The lowest BCUT2D eigenvalue weighted by Gasteiger charge is -2.40. The molecule has 1 N–H and O–H groups in total. The molecule has 0 amide bonds.